The van der Waals surface area contributed by atoms with Crippen molar-refractivity contribution < 1.29 is 9.59 Å². The first-order valence-electron chi connectivity index (χ1n) is 7.88. The maximum Gasteiger partial charge on any atom is 0.319 e. The number of thioether (sulfide) groups is 1. The van der Waals surface area contributed by atoms with Gasteiger partial charge >= 0.3 is 6.03 Å². The molecule has 5 nitrogen and oxygen atoms in total. The fourth-order valence-corrected chi connectivity index (χ4v) is 3.96. The molecule has 1 aliphatic carbocycles. The number of benzene rings is 2. The Hall–Kier alpha value is -2.47. The molecule has 4 rings (SSSR count). The fraction of sp³-hybridized carbons (Fsp3) is 0.222. The molecule has 0 radical (unpaired) electrons. The first-order chi connectivity index (χ1) is 11.7. The summed E-state index contributed by atoms with van der Waals surface area (Å²) in [5, 5.41) is 8.70. The third kappa shape index (κ3) is 3.10. The van der Waals surface area contributed by atoms with Gasteiger partial charge in [0.15, 0.2) is 0 Å². The van der Waals surface area contributed by atoms with Crippen molar-refractivity contribution in [3.05, 3.63) is 53.6 Å². The van der Waals surface area contributed by atoms with Crippen molar-refractivity contribution in [3.63, 3.8) is 0 Å². The van der Waals surface area contributed by atoms with E-state index in [1.54, 1.807) is 6.07 Å². The number of urea groups is 1. The van der Waals surface area contributed by atoms with Gasteiger partial charge in [-0.2, -0.15) is 0 Å². The van der Waals surface area contributed by atoms with E-state index in [1.807, 2.05) is 24.3 Å². The zero-order chi connectivity index (χ0) is 16.5. The van der Waals surface area contributed by atoms with Crippen LogP contribution in [0.4, 0.5) is 16.2 Å². The number of fused-ring (bicyclic) bond motifs is 2. The van der Waals surface area contributed by atoms with E-state index < -0.39 is 0 Å². The van der Waals surface area contributed by atoms with Crippen molar-refractivity contribution >= 4 is 35.1 Å². The van der Waals surface area contributed by atoms with Crippen LogP contribution in [0.3, 0.4) is 0 Å². The number of hydrogen-bond donors (Lipinski definition) is 3. The molecule has 0 saturated heterocycles. The van der Waals surface area contributed by atoms with Crippen molar-refractivity contribution in [1.82, 2.24) is 5.32 Å². The summed E-state index contributed by atoms with van der Waals surface area (Å²) in [6.07, 6.45) is 1.72. The molecule has 0 fully saturated rings. The third-order valence-corrected chi connectivity index (χ3v) is 5.33. The number of nitrogens with one attached hydrogen (secondary N) is 3. The van der Waals surface area contributed by atoms with Crippen LogP contribution in [0.1, 0.15) is 11.1 Å². The summed E-state index contributed by atoms with van der Waals surface area (Å²) in [6.45, 7) is 0. The third-order valence-electron chi connectivity index (χ3n) is 4.26. The van der Waals surface area contributed by atoms with Gasteiger partial charge in [-0.1, -0.05) is 24.3 Å². The minimum atomic E-state index is -0.220. The first kappa shape index (κ1) is 15.1. The van der Waals surface area contributed by atoms with Crippen LogP contribution in [0, 0.1) is 0 Å². The Morgan fingerprint density at radius 1 is 1.12 bits per heavy atom. The number of hydrogen-bond acceptors (Lipinski definition) is 3. The molecule has 3 amide bonds. The summed E-state index contributed by atoms with van der Waals surface area (Å²) in [5.41, 5.74) is 4.03. The molecule has 122 valence electrons. The molecule has 0 atom stereocenters. The summed E-state index contributed by atoms with van der Waals surface area (Å²) in [7, 11) is 0. The van der Waals surface area contributed by atoms with Crippen LogP contribution < -0.4 is 16.0 Å². The van der Waals surface area contributed by atoms with Crippen molar-refractivity contribution in [2.24, 2.45) is 0 Å². The van der Waals surface area contributed by atoms with E-state index in [0.717, 1.165) is 23.4 Å². The van der Waals surface area contributed by atoms with Crippen LogP contribution >= 0.6 is 11.8 Å². The van der Waals surface area contributed by atoms with Gasteiger partial charge in [0.05, 0.1) is 11.4 Å². The van der Waals surface area contributed by atoms with E-state index in [0.29, 0.717) is 11.4 Å². The molecule has 2 aromatic rings. The number of anilines is 2. The van der Waals surface area contributed by atoms with Crippen molar-refractivity contribution in [1.29, 1.82) is 0 Å². The lowest BCUT2D eigenvalue weighted by atomic mass is 10.1. The molecule has 0 bridgehead atoms. The molecular formula is C18H17N3O2S. The normalized spacial score (nSPS) is 16.1. The topological polar surface area (TPSA) is 70.2 Å². The van der Waals surface area contributed by atoms with Gasteiger partial charge in [-0.25, -0.2) is 4.79 Å². The largest absolute Gasteiger partial charge is 0.334 e. The molecule has 0 saturated carbocycles. The van der Waals surface area contributed by atoms with Crippen molar-refractivity contribution in [2.45, 2.75) is 23.8 Å². The molecule has 1 heterocycles. The number of rotatable bonds is 2. The maximum absolute atomic E-state index is 12.2. The molecule has 24 heavy (non-hydrogen) atoms. The zero-order valence-electron chi connectivity index (χ0n) is 13.0. The van der Waals surface area contributed by atoms with Crippen LogP contribution in [0.15, 0.2) is 47.4 Å². The predicted octanol–water partition coefficient (Wildman–Crippen LogP) is 3.02. The second-order valence-corrected chi connectivity index (χ2v) is 7.04. The Morgan fingerprint density at radius 2 is 1.88 bits per heavy atom. The van der Waals surface area contributed by atoms with Crippen LogP contribution in [0.25, 0.3) is 0 Å². The van der Waals surface area contributed by atoms with Crippen molar-refractivity contribution in [3.8, 4) is 0 Å². The Morgan fingerprint density at radius 3 is 2.62 bits per heavy atom. The minimum Gasteiger partial charge on any atom is -0.334 e. The van der Waals surface area contributed by atoms with E-state index in [-0.39, 0.29) is 18.0 Å². The average molecular weight is 339 g/mol. The van der Waals surface area contributed by atoms with Crippen LogP contribution in [-0.4, -0.2) is 23.7 Å². The maximum atomic E-state index is 12.2. The van der Waals surface area contributed by atoms with Gasteiger partial charge < -0.3 is 16.0 Å². The van der Waals surface area contributed by atoms with Gasteiger partial charge in [-0.05, 0) is 42.2 Å². The Labute approximate surface area is 144 Å². The molecule has 6 heteroatoms. The zero-order valence-corrected chi connectivity index (χ0v) is 13.8. The Kier molecular flexibility index (Phi) is 3.90. The van der Waals surface area contributed by atoms with E-state index >= 15 is 0 Å². The Balaban J connectivity index is 1.39. The molecule has 2 aromatic carbocycles. The van der Waals surface area contributed by atoms with Crippen LogP contribution in [0.2, 0.25) is 0 Å². The second kappa shape index (κ2) is 6.20. The van der Waals surface area contributed by atoms with Crippen molar-refractivity contribution in [2.75, 3.05) is 16.4 Å². The first-order valence-corrected chi connectivity index (χ1v) is 8.87. The number of amides is 3. The summed E-state index contributed by atoms with van der Waals surface area (Å²) in [4.78, 5) is 24.7. The fourth-order valence-electron chi connectivity index (χ4n) is 3.17. The molecule has 0 aromatic heterocycles. The minimum absolute atomic E-state index is 0.0159. The molecule has 3 N–H and O–H groups in total. The van der Waals surface area contributed by atoms with E-state index in [4.69, 9.17) is 0 Å². The van der Waals surface area contributed by atoms with Gasteiger partial charge in [0.2, 0.25) is 5.91 Å². The quantitative estimate of drug-likeness (QED) is 0.788. The van der Waals surface area contributed by atoms with Crippen LogP contribution in [-0.2, 0) is 17.6 Å². The highest BCUT2D eigenvalue weighted by Crippen LogP contribution is 2.33. The van der Waals surface area contributed by atoms with Gasteiger partial charge in [-0.15, -0.1) is 11.8 Å². The average Bonchev–Trinajstić information content (AvgIpc) is 2.96. The molecular weight excluding hydrogens is 322 g/mol. The van der Waals surface area contributed by atoms with Gasteiger partial charge in [0.1, 0.15) is 0 Å². The smallest absolute Gasteiger partial charge is 0.319 e. The van der Waals surface area contributed by atoms with E-state index in [2.05, 4.69) is 28.1 Å². The van der Waals surface area contributed by atoms with Gasteiger partial charge in [0.25, 0.3) is 0 Å². The van der Waals surface area contributed by atoms with Gasteiger partial charge in [-0.3, -0.25) is 4.79 Å². The van der Waals surface area contributed by atoms with E-state index in [1.165, 1.54) is 22.9 Å². The predicted molar refractivity (Wildman–Crippen MR) is 95.6 cm³/mol. The van der Waals surface area contributed by atoms with E-state index in [9.17, 15) is 9.59 Å². The number of carbonyl (C=O) groups is 2. The molecule has 0 unspecified atom stereocenters. The number of carbonyl (C=O) groups excluding carboxylic acids is 2. The standard InChI is InChI=1S/C18H17N3O2S/c22-17-10-24-16-6-5-13(9-15(16)21-17)19-18(23)20-14-7-11-3-1-2-4-12(11)8-14/h1-6,9,14H,7-8,10H2,(H,21,22)(H2,19,20,23). The lowest BCUT2D eigenvalue weighted by Crippen LogP contribution is -2.38. The van der Waals surface area contributed by atoms with Crippen LogP contribution in [0.5, 0.6) is 0 Å². The summed E-state index contributed by atoms with van der Waals surface area (Å²) < 4.78 is 0. The summed E-state index contributed by atoms with van der Waals surface area (Å²) in [5.74, 6) is 0.417. The Bertz CT molecular complexity index is 797. The highest BCUT2D eigenvalue weighted by atomic mass is 32.2. The summed E-state index contributed by atoms with van der Waals surface area (Å²) in [6, 6.07) is 13.7. The highest BCUT2D eigenvalue weighted by Gasteiger charge is 2.22. The SMILES string of the molecule is O=C1CSc2ccc(NC(=O)NC3Cc4ccccc4C3)cc2N1. The molecule has 2 aliphatic rings. The summed E-state index contributed by atoms with van der Waals surface area (Å²) >= 11 is 1.50. The molecule has 0 spiro atoms. The lowest BCUT2D eigenvalue weighted by molar-refractivity contribution is -0.113. The lowest BCUT2D eigenvalue weighted by Gasteiger charge is -2.18. The van der Waals surface area contributed by atoms with Gasteiger partial charge in [0, 0.05) is 16.6 Å². The monoisotopic (exact) mass is 339 g/mol. The second-order valence-electron chi connectivity index (χ2n) is 6.02. The molecule has 1 aliphatic heterocycles. The highest BCUT2D eigenvalue weighted by molar-refractivity contribution is 8.00.